The number of ether oxygens (including phenoxy) is 1. The SMILES string of the molecule is O=C(Nc1ccc(F)cc1F)N1CCC2(CC1)SCCN2C(=O)COc1ccccc1. The third-order valence-corrected chi connectivity index (χ3v) is 7.14. The quantitative estimate of drug-likeness (QED) is 0.771. The molecule has 164 valence electrons. The second kappa shape index (κ2) is 9.13. The van der Waals surface area contributed by atoms with Crippen molar-refractivity contribution in [1.29, 1.82) is 0 Å². The Morgan fingerprint density at radius 2 is 1.81 bits per heavy atom. The highest BCUT2D eigenvalue weighted by molar-refractivity contribution is 8.00. The number of anilines is 1. The summed E-state index contributed by atoms with van der Waals surface area (Å²) in [5.41, 5.74) is -0.0585. The molecule has 0 aliphatic carbocycles. The lowest BCUT2D eigenvalue weighted by atomic mass is 10.0. The fourth-order valence-corrected chi connectivity index (χ4v) is 5.43. The van der Waals surface area contributed by atoms with Gasteiger partial charge in [-0.1, -0.05) is 18.2 Å². The maximum atomic E-state index is 13.8. The molecule has 6 nitrogen and oxygen atoms in total. The van der Waals surface area contributed by atoms with Gasteiger partial charge in [0.2, 0.25) is 0 Å². The van der Waals surface area contributed by atoms with Crippen LogP contribution in [0.2, 0.25) is 0 Å². The van der Waals surface area contributed by atoms with E-state index in [9.17, 15) is 18.4 Å². The van der Waals surface area contributed by atoms with Crippen LogP contribution in [-0.2, 0) is 4.79 Å². The lowest BCUT2D eigenvalue weighted by Gasteiger charge is -2.43. The van der Waals surface area contributed by atoms with E-state index in [0.29, 0.717) is 38.2 Å². The van der Waals surface area contributed by atoms with Gasteiger partial charge in [-0.15, -0.1) is 11.8 Å². The van der Waals surface area contributed by atoms with Crippen molar-refractivity contribution in [3.63, 3.8) is 0 Å². The van der Waals surface area contributed by atoms with Gasteiger partial charge in [-0.25, -0.2) is 13.6 Å². The van der Waals surface area contributed by atoms with Gasteiger partial charge >= 0.3 is 6.03 Å². The summed E-state index contributed by atoms with van der Waals surface area (Å²) in [6.45, 7) is 1.49. The van der Waals surface area contributed by atoms with Crippen LogP contribution in [0.4, 0.5) is 19.3 Å². The molecule has 0 radical (unpaired) electrons. The monoisotopic (exact) mass is 447 g/mol. The van der Waals surface area contributed by atoms with E-state index in [1.54, 1.807) is 16.7 Å². The van der Waals surface area contributed by atoms with Gasteiger partial charge in [-0.2, -0.15) is 0 Å². The number of nitrogens with zero attached hydrogens (tertiary/aromatic N) is 2. The number of carbonyl (C=O) groups excluding carboxylic acids is 2. The number of piperidine rings is 1. The number of para-hydroxylation sites is 1. The van der Waals surface area contributed by atoms with Crippen LogP contribution in [0.3, 0.4) is 0 Å². The van der Waals surface area contributed by atoms with E-state index in [4.69, 9.17) is 4.74 Å². The van der Waals surface area contributed by atoms with Crippen molar-refractivity contribution < 1.29 is 23.1 Å². The van der Waals surface area contributed by atoms with Gasteiger partial charge in [0.1, 0.15) is 17.4 Å². The van der Waals surface area contributed by atoms with E-state index in [2.05, 4.69) is 5.32 Å². The van der Waals surface area contributed by atoms with Gasteiger partial charge < -0.3 is 19.9 Å². The number of amides is 3. The predicted molar refractivity (Wildman–Crippen MR) is 115 cm³/mol. The number of urea groups is 1. The van der Waals surface area contributed by atoms with Gasteiger partial charge in [0, 0.05) is 31.5 Å². The normalized spacial score (nSPS) is 17.6. The minimum Gasteiger partial charge on any atom is -0.484 e. The first-order valence-electron chi connectivity index (χ1n) is 10.1. The first-order valence-corrected chi connectivity index (χ1v) is 11.1. The van der Waals surface area contributed by atoms with E-state index < -0.39 is 17.7 Å². The molecule has 2 aromatic rings. The largest absolute Gasteiger partial charge is 0.484 e. The van der Waals surface area contributed by atoms with Crippen molar-refractivity contribution in [3.8, 4) is 5.75 Å². The number of nitrogens with one attached hydrogen (secondary N) is 1. The molecule has 2 aromatic carbocycles. The van der Waals surface area contributed by atoms with Gasteiger partial charge in [0.15, 0.2) is 6.61 Å². The molecule has 2 aliphatic rings. The smallest absolute Gasteiger partial charge is 0.321 e. The molecule has 9 heteroatoms. The Morgan fingerprint density at radius 3 is 2.52 bits per heavy atom. The molecule has 0 saturated carbocycles. The van der Waals surface area contributed by atoms with Crippen LogP contribution in [0.5, 0.6) is 5.75 Å². The highest BCUT2D eigenvalue weighted by Crippen LogP contribution is 2.44. The van der Waals surface area contributed by atoms with Crippen LogP contribution >= 0.6 is 11.8 Å². The van der Waals surface area contributed by atoms with Crippen molar-refractivity contribution in [2.45, 2.75) is 17.7 Å². The maximum Gasteiger partial charge on any atom is 0.321 e. The summed E-state index contributed by atoms with van der Waals surface area (Å²) >= 11 is 1.74. The highest BCUT2D eigenvalue weighted by Gasteiger charge is 2.46. The molecule has 2 fully saturated rings. The van der Waals surface area contributed by atoms with E-state index in [1.165, 1.54) is 6.07 Å². The van der Waals surface area contributed by atoms with E-state index in [0.717, 1.165) is 17.9 Å². The summed E-state index contributed by atoms with van der Waals surface area (Å²) in [7, 11) is 0. The van der Waals surface area contributed by atoms with Crippen molar-refractivity contribution in [1.82, 2.24) is 9.80 Å². The Bertz CT molecular complexity index is 952. The first-order chi connectivity index (χ1) is 15.0. The first kappa shape index (κ1) is 21.4. The molecule has 2 aliphatic heterocycles. The average Bonchev–Trinajstić information content (AvgIpc) is 3.18. The van der Waals surface area contributed by atoms with Crippen molar-refractivity contribution >= 4 is 29.4 Å². The topological polar surface area (TPSA) is 61.9 Å². The Labute approximate surface area is 183 Å². The fraction of sp³-hybridized carbons (Fsp3) is 0.364. The lowest BCUT2D eigenvalue weighted by Crippen LogP contribution is -2.55. The Kier molecular flexibility index (Phi) is 6.31. The molecule has 1 spiro atoms. The van der Waals surface area contributed by atoms with Crippen LogP contribution in [0.15, 0.2) is 48.5 Å². The zero-order valence-corrected chi connectivity index (χ0v) is 17.7. The number of likely N-dealkylation sites (tertiary alicyclic amines) is 1. The lowest BCUT2D eigenvalue weighted by molar-refractivity contribution is -0.136. The molecule has 31 heavy (non-hydrogen) atoms. The Balaban J connectivity index is 1.33. The van der Waals surface area contributed by atoms with Crippen LogP contribution < -0.4 is 10.1 Å². The third kappa shape index (κ3) is 4.76. The zero-order chi connectivity index (χ0) is 21.8. The number of rotatable bonds is 4. The van der Waals surface area contributed by atoms with Crippen molar-refractivity contribution in [2.75, 3.05) is 37.3 Å². The van der Waals surface area contributed by atoms with Crippen LogP contribution in [0.1, 0.15) is 12.8 Å². The Morgan fingerprint density at radius 1 is 1.06 bits per heavy atom. The molecule has 0 atom stereocenters. The van der Waals surface area contributed by atoms with E-state index in [-0.39, 0.29) is 23.1 Å². The van der Waals surface area contributed by atoms with Crippen LogP contribution in [0.25, 0.3) is 0 Å². The number of benzene rings is 2. The molecular weight excluding hydrogens is 424 g/mol. The number of halogens is 2. The molecule has 3 amide bonds. The standard InChI is InChI=1S/C22H23F2N3O3S/c23-16-6-7-19(18(24)14-16)25-21(29)26-10-8-22(9-11-26)27(12-13-31-22)20(28)15-30-17-4-2-1-3-5-17/h1-7,14H,8-13,15H2,(H,25,29). The number of carbonyl (C=O) groups is 2. The second-order valence-electron chi connectivity index (χ2n) is 7.48. The van der Waals surface area contributed by atoms with Gasteiger partial charge in [0.05, 0.1) is 10.6 Å². The van der Waals surface area contributed by atoms with Gasteiger partial charge in [0.25, 0.3) is 5.91 Å². The molecule has 4 rings (SSSR count). The van der Waals surface area contributed by atoms with Gasteiger partial charge in [-0.3, -0.25) is 4.79 Å². The summed E-state index contributed by atoms with van der Waals surface area (Å²) < 4.78 is 32.5. The maximum absolute atomic E-state index is 13.8. The summed E-state index contributed by atoms with van der Waals surface area (Å²) in [4.78, 5) is 28.5. The summed E-state index contributed by atoms with van der Waals surface area (Å²) in [5, 5.41) is 2.50. The molecule has 0 aromatic heterocycles. The van der Waals surface area contributed by atoms with Crippen molar-refractivity contribution in [2.24, 2.45) is 0 Å². The highest BCUT2D eigenvalue weighted by atomic mass is 32.2. The third-order valence-electron chi connectivity index (χ3n) is 5.59. The minimum atomic E-state index is -0.816. The number of thioether (sulfide) groups is 1. The zero-order valence-electron chi connectivity index (χ0n) is 16.9. The molecular formula is C22H23F2N3O3S. The molecule has 2 saturated heterocycles. The number of hydrogen-bond acceptors (Lipinski definition) is 4. The average molecular weight is 448 g/mol. The summed E-state index contributed by atoms with van der Waals surface area (Å²) in [6.07, 6.45) is 1.24. The van der Waals surface area contributed by atoms with Crippen LogP contribution in [-0.4, -0.2) is 58.6 Å². The van der Waals surface area contributed by atoms with Crippen LogP contribution in [0, 0.1) is 11.6 Å². The molecule has 2 heterocycles. The molecule has 0 unspecified atom stereocenters. The fourth-order valence-electron chi connectivity index (χ4n) is 3.96. The molecule has 0 bridgehead atoms. The summed E-state index contributed by atoms with van der Waals surface area (Å²) in [5.74, 6) is -0.0983. The summed E-state index contributed by atoms with van der Waals surface area (Å²) in [6, 6.07) is 11.8. The minimum absolute atomic E-state index is 0.0274. The van der Waals surface area contributed by atoms with Crippen molar-refractivity contribution in [3.05, 3.63) is 60.2 Å². The predicted octanol–water partition coefficient (Wildman–Crippen LogP) is 3.94. The molecule has 1 N–H and O–H groups in total. The number of hydrogen-bond donors (Lipinski definition) is 1. The second-order valence-corrected chi connectivity index (χ2v) is 8.94. The van der Waals surface area contributed by atoms with E-state index >= 15 is 0 Å². The van der Waals surface area contributed by atoms with Gasteiger partial charge in [-0.05, 0) is 37.1 Å². The van der Waals surface area contributed by atoms with E-state index in [1.807, 2.05) is 35.2 Å². The Hall–Kier alpha value is -2.81.